The molecule has 0 aromatic heterocycles. The first-order valence-electron chi connectivity index (χ1n) is 9.97. The molecular formula is C22H24O8. The second-order valence-electron chi connectivity index (χ2n) is 7.64. The number of fused-ring (bicyclic) bond motifs is 2. The third-order valence-corrected chi connectivity index (χ3v) is 5.60. The highest BCUT2D eigenvalue weighted by Gasteiger charge is 2.43. The van der Waals surface area contributed by atoms with Crippen LogP contribution in [0.4, 0.5) is 0 Å². The number of rotatable bonds is 5. The van der Waals surface area contributed by atoms with Crippen LogP contribution in [-0.2, 0) is 14.2 Å². The Bertz CT molecular complexity index is 948. The summed E-state index contributed by atoms with van der Waals surface area (Å²) in [5.41, 5.74) is 1.07. The third kappa shape index (κ3) is 3.26. The number of ether oxygens (including phenoxy) is 3. The van der Waals surface area contributed by atoms with Crippen LogP contribution < -0.4 is 0 Å². The highest BCUT2D eigenvalue weighted by molar-refractivity contribution is 6.26. The maximum atomic E-state index is 13.3. The number of hydrogen-bond donors (Lipinski definition) is 3. The van der Waals surface area contributed by atoms with E-state index in [1.807, 2.05) is 6.92 Å². The van der Waals surface area contributed by atoms with Crippen molar-refractivity contribution < 1.29 is 39.1 Å². The summed E-state index contributed by atoms with van der Waals surface area (Å²) >= 11 is 0. The number of carbonyl (C=O) groups excluding carboxylic acids is 2. The minimum atomic E-state index is -1.22. The molecule has 1 fully saturated rings. The molecule has 1 unspecified atom stereocenters. The molecule has 1 aromatic rings. The van der Waals surface area contributed by atoms with Crippen LogP contribution in [0.25, 0.3) is 6.08 Å². The number of phenolic OH excluding ortho intramolecular Hbond substituents is 1. The van der Waals surface area contributed by atoms with Gasteiger partial charge in [-0.3, -0.25) is 9.59 Å². The van der Waals surface area contributed by atoms with E-state index in [-0.39, 0.29) is 22.4 Å². The van der Waals surface area contributed by atoms with Crippen molar-refractivity contribution in [2.75, 3.05) is 13.2 Å². The lowest BCUT2D eigenvalue weighted by molar-refractivity contribution is -0.0458. The van der Waals surface area contributed by atoms with Crippen LogP contribution in [0.1, 0.15) is 64.6 Å². The standard InChI is InChI=1S/C22H24O8/c1-3-4-15-18-11(5-10(2)28-15)6-12-14(25)7-13(20(26)19(12)21(18)27)22-29-16(8-23)17(9-24)30-22/h5-7,15-17,22-24,27H,3-4,8-9H2,1-2H3/t15-,16-,17+,22?/m1/s1. The fourth-order valence-corrected chi connectivity index (χ4v) is 4.18. The third-order valence-electron chi connectivity index (χ3n) is 5.60. The predicted molar refractivity (Wildman–Crippen MR) is 105 cm³/mol. The van der Waals surface area contributed by atoms with Crippen molar-refractivity contribution in [3.05, 3.63) is 45.7 Å². The minimum absolute atomic E-state index is 0.0763. The second kappa shape index (κ2) is 7.96. The smallest absolute Gasteiger partial charge is 0.198 e. The number of Topliss-reactive ketones (excluding diaryl/α,β-unsaturated/α-hetero) is 1. The molecule has 0 spiro atoms. The first kappa shape index (κ1) is 20.7. The summed E-state index contributed by atoms with van der Waals surface area (Å²) in [6.45, 7) is 2.98. The quantitative estimate of drug-likeness (QED) is 0.666. The zero-order valence-corrected chi connectivity index (χ0v) is 16.8. The molecule has 0 radical (unpaired) electrons. The number of aliphatic hydroxyl groups excluding tert-OH is 2. The molecule has 0 saturated carbocycles. The van der Waals surface area contributed by atoms with Crippen molar-refractivity contribution in [1.29, 1.82) is 0 Å². The molecule has 160 valence electrons. The highest BCUT2D eigenvalue weighted by atomic mass is 16.7. The fraction of sp³-hybridized carbons (Fsp3) is 0.455. The van der Waals surface area contributed by atoms with E-state index in [9.17, 15) is 24.9 Å². The number of carbonyl (C=O) groups is 2. The van der Waals surface area contributed by atoms with Gasteiger partial charge in [0.15, 0.2) is 17.9 Å². The van der Waals surface area contributed by atoms with E-state index in [1.54, 1.807) is 19.1 Å². The van der Waals surface area contributed by atoms with Crippen molar-refractivity contribution >= 4 is 17.6 Å². The Labute approximate surface area is 173 Å². The van der Waals surface area contributed by atoms with Crippen molar-refractivity contribution in [3.63, 3.8) is 0 Å². The fourth-order valence-electron chi connectivity index (χ4n) is 4.18. The minimum Gasteiger partial charge on any atom is -0.507 e. The maximum Gasteiger partial charge on any atom is 0.198 e. The average molecular weight is 416 g/mol. The van der Waals surface area contributed by atoms with Crippen LogP contribution in [0.5, 0.6) is 5.75 Å². The lowest BCUT2D eigenvalue weighted by Gasteiger charge is -2.29. The van der Waals surface area contributed by atoms with Crippen LogP contribution in [-0.4, -0.2) is 58.6 Å². The molecule has 2 aliphatic heterocycles. The van der Waals surface area contributed by atoms with Gasteiger partial charge in [-0.05, 0) is 37.1 Å². The van der Waals surface area contributed by atoms with Crippen LogP contribution in [0.3, 0.4) is 0 Å². The van der Waals surface area contributed by atoms with Gasteiger partial charge >= 0.3 is 0 Å². The van der Waals surface area contributed by atoms with Gasteiger partial charge in [0.25, 0.3) is 0 Å². The van der Waals surface area contributed by atoms with Crippen LogP contribution >= 0.6 is 0 Å². The molecule has 1 saturated heterocycles. The maximum absolute atomic E-state index is 13.3. The summed E-state index contributed by atoms with van der Waals surface area (Å²) in [4.78, 5) is 26.1. The van der Waals surface area contributed by atoms with Crippen LogP contribution in [0.2, 0.25) is 0 Å². The molecule has 4 rings (SSSR count). The second-order valence-corrected chi connectivity index (χ2v) is 7.64. The van der Waals surface area contributed by atoms with Gasteiger partial charge in [0.2, 0.25) is 0 Å². The number of hydrogen-bond acceptors (Lipinski definition) is 8. The molecule has 8 heteroatoms. The van der Waals surface area contributed by atoms with Crippen LogP contribution in [0, 0.1) is 0 Å². The van der Waals surface area contributed by atoms with Crippen LogP contribution in [0.15, 0.2) is 23.5 Å². The Kier molecular flexibility index (Phi) is 5.50. The van der Waals surface area contributed by atoms with Crippen molar-refractivity contribution in [2.45, 2.75) is 51.3 Å². The lowest BCUT2D eigenvalue weighted by atomic mass is 9.82. The zero-order valence-electron chi connectivity index (χ0n) is 16.8. The Hall–Kier alpha value is -2.52. The molecule has 4 atom stereocenters. The number of benzene rings is 1. The van der Waals surface area contributed by atoms with Crippen molar-refractivity contribution in [1.82, 2.24) is 0 Å². The molecule has 0 bridgehead atoms. The average Bonchev–Trinajstić information content (AvgIpc) is 3.13. The van der Waals surface area contributed by atoms with Gasteiger partial charge in [-0.2, -0.15) is 0 Å². The molecule has 1 aliphatic carbocycles. The van der Waals surface area contributed by atoms with E-state index < -0.39 is 49.4 Å². The Morgan fingerprint density at radius 1 is 1.07 bits per heavy atom. The van der Waals surface area contributed by atoms with E-state index in [4.69, 9.17) is 14.2 Å². The summed E-state index contributed by atoms with van der Waals surface area (Å²) in [7, 11) is 0. The summed E-state index contributed by atoms with van der Waals surface area (Å²) in [5.74, 6) is -0.651. The van der Waals surface area contributed by atoms with E-state index in [2.05, 4.69) is 0 Å². The van der Waals surface area contributed by atoms with E-state index in [1.165, 1.54) is 0 Å². The summed E-state index contributed by atoms with van der Waals surface area (Å²) in [6, 6.07) is 1.61. The number of aliphatic hydroxyl groups is 2. The van der Waals surface area contributed by atoms with Gasteiger partial charge in [0.05, 0.1) is 30.1 Å². The lowest BCUT2D eigenvalue weighted by Crippen LogP contribution is -2.29. The van der Waals surface area contributed by atoms with Gasteiger partial charge in [0, 0.05) is 11.1 Å². The van der Waals surface area contributed by atoms with Crippen molar-refractivity contribution in [3.8, 4) is 5.75 Å². The number of allylic oxidation sites excluding steroid dienone is 2. The number of ketones is 2. The molecule has 3 aliphatic rings. The summed E-state index contributed by atoms with van der Waals surface area (Å²) in [6.07, 6.45) is 1.03. The topological polar surface area (TPSA) is 123 Å². The van der Waals surface area contributed by atoms with E-state index in [0.29, 0.717) is 23.3 Å². The van der Waals surface area contributed by atoms with Crippen molar-refractivity contribution in [2.24, 2.45) is 0 Å². The Morgan fingerprint density at radius 3 is 2.33 bits per heavy atom. The van der Waals surface area contributed by atoms with Gasteiger partial charge in [-0.1, -0.05) is 13.3 Å². The first-order chi connectivity index (χ1) is 14.4. The predicted octanol–water partition coefficient (Wildman–Crippen LogP) is 2.02. The normalized spacial score (nSPS) is 27.9. The van der Waals surface area contributed by atoms with Gasteiger partial charge in [-0.15, -0.1) is 0 Å². The van der Waals surface area contributed by atoms with Gasteiger partial charge in [-0.25, -0.2) is 0 Å². The monoisotopic (exact) mass is 416 g/mol. The van der Waals surface area contributed by atoms with E-state index in [0.717, 1.165) is 12.5 Å². The number of phenols is 1. The molecule has 2 heterocycles. The molecule has 1 aromatic carbocycles. The van der Waals surface area contributed by atoms with Gasteiger partial charge < -0.3 is 29.5 Å². The van der Waals surface area contributed by atoms with E-state index >= 15 is 0 Å². The Balaban J connectivity index is 1.77. The first-order valence-corrected chi connectivity index (χ1v) is 9.97. The SMILES string of the molecule is CCC[C@H]1OC(C)=Cc2cc3c(c(O)c21)C(=O)C(C1O[C@@H](CO)[C@@H](CO)O1)=CC3=O. The molecular weight excluding hydrogens is 392 g/mol. The summed E-state index contributed by atoms with van der Waals surface area (Å²) in [5, 5.41) is 29.8. The Morgan fingerprint density at radius 2 is 1.73 bits per heavy atom. The molecule has 8 nitrogen and oxygen atoms in total. The molecule has 3 N–H and O–H groups in total. The zero-order chi connectivity index (χ0) is 21.6. The van der Waals surface area contributed by atoms with Gasteiger partial charge in [0.1, 0.15) is 24.1 Å². The largest absolute Gasteiger partial charge is 0.507 e. The summed E-state index contributed by atoms with van der Waals surface area (Å²) < 4.78 is 16.9. The molecule has 30 heavy (non-hydrogen) atoms. The highest BCUT2D eigenvalue weighted by Crippen LogP contribution is 2.45. The molecule has 0 amide bonds. The number of aromatic hydroxyl groups is 1.